The van der Waals surface area contributed by atoms with Gasteiger partial charge in [-0.25, -0.2) is 8.42 Å². The van der Waals surface area contributed by atoms with Crippen molar-refractivity contribution in [1.82, 2.24) is 0 Å². The summed E-state index contributed by atoms with van der Waals surface area (Å²) >= 11 is 11.7. The van der Waals surface area contributed by atoms with Crippen LogP contribution in [0.3, 0.4) is 0 Å². The molecule has 0 aromatic heterocycles. The summed E-state index contributed by atoms with van der Waals surface area (Å²) < 4.78 is 35.8. The van der Waals surface area contributed by atoms with Gasteiger partial charge in [0.2, 0.25) is 10.0 Å². The Morgan fingerprint density at radius 2 is 1.95 bits per heavy atom. The van der Waals surface area contributed by atoms with Gasteiger partial charge in [0.05, 0.1) is 41.3 Å². The van der Waals surface area contributed by atoms with Crippen molar-refractivity contribution in [1.29, 1.82) is 0 Å². The summed E-state index contributed by atoms with van der Waals surface area (Å²) in [6.07, 6.45) is 0. The number of nitrogens with one attached hydrogen (secondary N) is 1. The summed E-state index contributed by atoms with van der Waals surface area (Å²) in [6, 6.07) is 4.73. The molecule has 1 aromatic carbocycles. The van der Waals surface area contributed by atoms with E-state index in [1.54, 1.807) is 19.2 Å². The van der Waals surface area contributed by atoms with Gasteiger partial charge in [-0.3, -0.25) is 4.72 Å². The van der Waals surface area contributed by atoms with Crippen molar-refractivity contribution in [2.75, 3.05) is 37.4 Å². The fourth-order valence-corrected chi connectivity index (χ4v) is 2.56. The smallest absolute Gasteiger partial charge is 0.235 e. The Hall–Kier alpha value is -0.530. The fourth-order valence-electron chi connectivity index (χ4n) is 1.21. The minimum atomic E-state index is -3.52. The van der Waals surface area contributed by atoms with E-state index in [1.165, 1.54) is 6.07 Å². The van der Waals surface area contributed by atoms with Gasteiger partial charge in [0, 0.05) is 7.11 Å². The predicted molar refractivity (Wildman–Crippen MR) is 76.6 cm³/mol. The third-order valence-electron chi connectivity index (χ3n) is 2.15. The normalized spacial score (nSPS) is 11.5. The van der Waals surface area contributed by atoms with Gasteiger partial charge in [-0.1, -0.05) is 29.3 Å². The monoisotopic (exact) mass is 327 g/mol. The van der Waals surface area contributed by atoms with Crippen LogP contribution in [0.5, 0.6) is 0 Å². The SMILES string of the molecule is COCCOCCS(=O)(=O)Nc1cccc(Cl)c1Cl. The lowest BCUT2D eigenvalue weighted by molar-refractivity contribution is 0.0785. The van der Waals surface area contributed by atoms with Crippen molar-refractivity contribution in [3.8, 4) is 0 Å². The molecular formula is C11H15Cl2NO4S. The number of hydrogen-bond acceptors (Lipinski definition) is 4. The lowest BCUT2D eigenvalue weighted by atomic mass is 10.3. The maximum Gasteiger partial charge on any atom is 0.235 e. The topological polar surface area (TPSA) is 64.6 Å². The average Bonchev–Trinajstić information content (AvgIpc) is 2.34. The summed E-state index contributed by atoms with van der Waals surface area (Å²) in [5, 5.41) is 0.464. The third-order valence-corrected chi connectivity index (χ3v) is 4.20. The first kappa shape index (κ1) is 16.5. The van der Waals surface area contributed by atoms with Crippen LogP contribution in [0.2, 0.25) is 10.0 Å². The molecule has 0 spiro atoms. The van der Waals surface area contributed by atoms with E-state index in [2.05, 4.69) is 4.72 Å². The van der Waals surface area contributed by atoms with Crippen molar-refractivity contribution < 1.29 is 17.9 Å². The summed E-state index contributed by atoms with van der Waals surface area (Å²) in [5.74, 6) is -0.167. The standard InChI is InChI=1S/C11H15Cl2NO4S/c1-17-5-6-18-7-8-19(15,16)14-10-4-2-3-9(12)11(10)13/h2-4,14H,5-8H2,1H3. The average molecular weight is 328 g/mol. The second-order valence-corrected chi connectivity index (χ2v) is 6.25. The minimum Gasteiger partial charge on any atom is -0.382 e. The molecule has 0 saturated heterocycles. The van der Waals surface area contributed by atoms with Crippen LogP contribution in [0.4, 0.5) is 5.69 Å². The molecule has 1 aromatic rings. The molecular weight excluding hydrogens is 313 g/mol. The molecule has 108 valence electrons. The first-order valence-electron chi connectivity index (χ1n) is 5.47. The van der Waals surface area contributed by atoms with Gasteiger partial charge in [-0.15, -0.1) is 0 Å². The van der Waals surface area contributed by atoms with E-state index >= 15 is 0 Å². The number of methoxy groups -OCH3 is 1. The highest BCUT2D eigenvalue weighted by Gasteiger charge is 2.13. The summed E-state index contributed by atoms with van der Waals surface area (Å²) in [7, 11) is -1.98. The minimum absolute atomic E-state index is 0.0802. The van der Waals surface area contributed by atoms with Gasteiger partial charge in [-0.2, -0.15) is 0 Å². The fraction of sp³-hybridized carbons (Fsp3) is 0.455. The van der Waals surface area contributed by atoms with Crippen LogP contribution < -0.4 is 4.72 Å². The van der Waals surface area contributed by atoms with E-state index in [1.807, 2.05) is 0 Å². The molecule has 8 heteroatoms. The Labute approximate surface area is 122 Å². The Kier molecular flexibility index (Phi) is 6.88. The van der Waals surface area contributed by atoms with E-state index in [0.29, 0.717) is 18.2 Å². The largest absolute Gasteiger partial charge is 0.382 e. The number of sulfonamides is 1. The van der Waals surface area contributed by atoms with Crippen LogP contribution in [0.15, 0.2) is 18.2 Å². The van der Waals surface area contributed by atoms with Gasteiger partial charge < -0.3 is 9.47 Å². The van der Waals surface area contributed by atoms with Crippen molar-refractivity contribution >= 4 is 38.9 Å². The second-order valence-electron chi connectivity index (χ2n) is 3.63. The van der Waals surface area contributed by atoms with Gasteiger partial charge in [0.1, 0.15) is 0 Å². The first-order valence-corrected chi connectivity index (χ1v) is 7.88. The van der Waals surface area contributed by atoms with Crippen LogP contribution in [0, 0.1) is 0 Å². The molecule has 0 heterocycles. The predicted octanol–water partition coefficient (Wildman–Crippen LogP) is 2.40. The van der Waals surface area contributed by atoms with Crippen molar-refractivity contribution in [2.24, 2.45) is 0 Å². The number of ether oxygens (including phenoxy) is 2. The highest BCUT2D eigenvalue weighted by Crippen LogP contribution is 2.30. The summed E-state index contributed by atoms with van der Waals surface area (Å²) in [5.41, 5.74) is 0.256. The lowest BCUT2D eigenvalue weighted by Gasteiger charge is -2.10. The van der Waals surface area contributed by atoms with Crippen molar-refractivity contribution in [3.63, 3.8) is 0 Å². The number of rotatable bonds is 8. The highest BCUT2D eigenvalue weighted by atomic mass is 35.5. The molecule has 0 radical (unpaired) electrons. The van der Waals surface area contributed by atoms with Crippen LogP contribution in [-0.2, 0) is 19.5 Å². The lowest BCUT2D eigenvalue weighted by Crippen LogP contribution is -2.21. The quantitative estimate of drug-likeness (QED) is 0.744. The molecule has 19 heavy (non-hydrogen) atoms. The third kappa shape index (κ3) is 5.97. The maximum atomic E-state index is 11.8. The van der Waals surface area contributed by atoms with Crippen LogP contribution >= 0.6 is 23.2 Å². The van der Waals surface area contributed by atoms with E-state index in [9.17, 15) is 8.42 Å². The Balaban J connectivity index is 2.52. The van der Waals surface area contributed by atoms with Crippen LogP contribution in [0.1, 0.15) is 0 Å². The van der Waals surface area contributed by atoms with Crippen molar-refractivity contribution in [3.05, 3.63) is 28.2 Å². The molecule has 0 amide bonds. The molecule has 1 N–H and O–H groups in total. The summed E-state index contributed by atoms with van der Waals surface area (Å²) in [4.78, 5) is 0. The molecule has 0 saturated carbocycles. The van der Waals surface area contributed by atoms with Gasteiger partial charge in [-0.05, 0) is 12.1 Å². The number of benzene rings is 1. The number of hydrogen-bond donors (Lipinski definition) is 1. The highest BCUT2D eigenvalue weighted by molar-refractivity contribution is 7.92. The zero-order valence-electron chi connectivity index (χ0n) is 10.4. The van der Waals surface area contributed by atoms with Crippen molar-refractivity contribution in [2.45, 2.75) is 0 Å². The van der Waals surface area contributed by atoms with E-state index in [0.717, 1.165) is 0 Å². The van der Waals surface area contributed by atoms with Crippen LogP contribution in [-0.4, -0.2) is 41.1 Å². The van der Waals surface area contributed by atoms with E-state index in [-0.39, 0.29) is 23.1 Å². The molecule has 0 unspecified atom stereocenters. The molecule has 0 bridgehead atoms. The molecule has 0 aliphatic heterocycles. The Morgan fingerprint density at radius 3 is 2.63 bits per heavy atom. The number of halogens is 2. The van der Waals surface area contributed by atoms with E-state index in [4.69, 9.17) is 32.7 Å². The molecule has 0 fully saturated rings. The molecule has 5 nitrogen and oxygen atoms in total. The molecule has 0 atom stereocenters. The van der Waals surface area contributed by atoms with E-state index < -0.39 is 10.0 Å². The molecule has 0 aliphatic rings. The van der Waals surface area contributed by atoms with Gasteiger partial charge in [0.25, 0.3) is 0 Å². The molecule has 1 rings (SSSR count). The molecule has 0 aliphatic carbocycles. The van der Waals surface area contributed by atoms with Gasteiger partial charge >= 0.3 is 0 Å². The second kappa shape index (κ2) is 7.91. The first-order chi connectivity index (χ1) is 8.96. The van der Waals surface area contributed by atoms with Crippen LogP contribution in [0.25, 0.3) is 0 Å². The van der Waals surface area contributed by atoms with Gasteiger partial charge in [0.15, 0.2) is 0 Å². The Morgan fingerprint density at radius 1 is 1.21 bits per heavy atom. The summed E-state index contributed by atoms with van der Waals surface area (Å²) in [6.45, 7) is 0.856. The number of anilines is 1. The maximum absolute atomic E-state index is 11.8. The zero-order valence-corrected chi connectivity index (χ0v) is 12.7. The Bertz CT molecular complexity index is 507. The zero-order chi connectivity index (χ0) is 14.3.